The number of aliphatic carboxylic acids is 1. The van der Waals surface area contributed by atoms with Gasteiger partial charge in [-0.1, -0.05) is 12.2 Å². The first-order chi connectivity index (χ1) is 10.6. The summed E-state index contributed by atoms with van der Waals surface area (Å²) in [4.78, 5) is 22.1. The molecule has 2 rings (SSSR count). The van der Waals surface area contributed by atoms with Crippen LogP contribution in [0.2, 0.25) is 0 Å². The summed E-state index contributed by atoms with van der Waals surface area (Å²) >= 11 is 0. The molecule has 1 aromatic rings. The minimum absolute atomic E-state index is 0.357. The molecule has 1 aliphatic rings. The Hall–Kier alpha value is -2.10. The molecule has 4 heteroatoms. The van der Waals surface area contributed by atoms with Crippen LogP contribution in [0.3, 0.4) is 0 Å². The lowest BCUT2D eigenvalue weighted by Crippen LogP contribution is -2.08. The van der Waals surface area contributed by atoms with Crippen molar-refractivity contribution in [2.75, 3.05) is 11.9 Å². The zero-order valence-electron chi connectivity index (χ0n) is 12.8. The van der Waals surface area contributed by atoms with E-state index < -0.39 is 12.4 Å². The first kappa shape index (κ1) is 16.3. The Bertz CT molecular complexity index is 534. The fraction of sp³-hybridized carbons (Fsp3) is 0.444. The summed E-state index contributed by atoms with van der Waals surface area (Å²) in [5.41, 5.74) is 1.41. The van der Waals surface area contributed by atoms with Gasteiger partial charge >= 0.3 is 5.97 Å². The number of benzene rings is 1. The molecule has 0 aromatic heterocycles. The second-order valence-electron chi connectivity index (χ2n) is 5.79. The van der Waals surface area contributed by atoms with Gasteiger partial charge in [-0.15, -0.1) is 0 Å². The van der Waals surface area contributed by atoms with E-state index in [9.17, 15) is 9.59 Å². The molecule has 118 valence electrons. The lowest BCUT2D eigenvalue weighted by atomic mass is 9.90. The Morgan fingerprint density at radius 1 is 1.18 bits per heavy atom. The lowest BCUT2D eigenvalue weighted by Gasteiger charge is -2.17. The molecule has 1 aromatic carbocycles. The average Bonchev–Trinajstić information content (AvgIpc) is 2.52. The Kier molecular flexibility index (Phi) is 6.19. The van der Waals surface area contributed by atoms with Gasteiger partial charge in [0.25, 0.3) is 0 Å². The molecule has 0 spiro atoms. The monoisotopic (exact) mass is 301 g/mol. The van der Waals surface area contributed by atoms with E-state index in [-0.39, 0.29) is 5.78 Å². The molecule has 0 saturated carbocycles. The molecule has 22 heavy (non-hydrogen) atoms. The van der Waals surface area contributed by atoms with Crippen molar-refractivity contribution >= 4 is 17.4 Å². The third-order valence-corrected chi connectivity index (χ3v) is 4.01. The number of allylic oxidation sites excluding steroid dienone is 2. The SMILES string of the molecule is O=C(O)CC(=O)c1ccc(NCCCC2CC=CCC2)cc1. The van der Waals surface area contributed by atoms with Gasteiger partial charge in [-0.25, -0.2) is 0 Å². The van der Waals surface area contributed by atoms with E-state index in [1.54, 1.807) is 12.1 Å². The van der Waals surface area contributed by atoms with Crippen LogP contribution in [-0.4, -0.2) is 23.4 Å². The number of anilines is 1. The van der Waals surface area contributed by atoms with Crippen molar-refractivity contribution in [3.05, 3.63) is 42.0 Å². The first-order valence-corrected chi connectivity index (χ1v) is 7.89. The van der Waals surface area contributed by atoms with Crippen LogP contribution in [0.5, 0.6) is 0 Å². The van der Waals surface area contributed by atoms with Crippen molar-refractivity contribution in [2.24, 2.45) is 5.92 Å². The fourth-order valence-electron chi connectivity index (χ4n) is 2.76. The molecule has 1 atom stereocenters. The Morgan fingerprint density at radius 2 is 1.95 bits per heavy atom. The van der Waals surface area contributed by atoms with Crippen molar-refractivity contribution in [1.82, 2.24) is 0 Å². The number of nitrogens with one attached hydrogen (secondary N) is 1. The van der Waals surface area contributed by atoms with E-state index >= 15 is 0 Å². The summed E-state index contributed by atoms with van der Waals surface area (Å²) in [6.07, 6.45) is 10.2. The highest BCUT2D eigenvalue weighted by Crippen LogP contribution is 2.22. The summed E-state index contributed by atoms with van der Waals surface area (Å²) in [6, 6.07) is 7.02. The van der Waals surface area contributed by atoms with Crippen LogP contribution in [0.1, 0.15) is 48.9 Å². The molecular weight excluding hydrogens is 278 g/mol. The highest BCUT2D eigenvalue weighted by molar-refractivity contribution is 6.05. The summed E-state index contributed by atoms with van der Waals surface area (Å²) < 4.78 is 0. The predicted molar refractivity (Wildman–Crippen MR) is 87.2 cm³/mol. The van der Waals surface area contributed by atoms with E-state index in [4.69, 9.17) is 5.11 Å². The van der Waals surface area contributed by atoms with Gasteiger partial charge < -0.3 is 10.4 Å². The normalized spacial score (nSPS) is 17.2. The molecule has 0 saturated heterocycles. The van der Waals surface area contributed by atoms with E-state index in [2.05, 4.69) is 17.5 Å². The van der Waals surface area contributed by atoms with Crippen LogP contribution in [-0.2, 0) is 4.79 Å². The summed E-state index contributed by atoms with van der Waals surface area (Å²) in [5, 5.41) is 12.0. The molecule has 1 aliphatic carbocycles. The van der Waals surface area contributed by atoms with Crippen LogP contribution >= 0.6 is 0 Å². The summed E-state index contributed by atoms with van der Waals surface area (Å²) in [7, 11) is 0. The maximum atomic E-state index is 11.6. The minimum Gasteiger partial charge on any atom is -0.481 e. The molecule has 0 heterocycles. The molecule has 0 bridgehead atoms. The van der Waals surface area contributed by atoms with Crippen LogP contribution < -0.4 is 5.32 Å². The van der Waals surface area contributed by atoms with Crippen molar-refractivity contribution in [3.8, 4) is 0 Å². The summed E-state index contributed by atoms with van der Waals surface area (Å²) in [5.74, 6) is -0.628. The van der Waals surface area contributed by atoms with Crippen molar-refractivity contribution < 1.29 is 14.7 Å². The standard InChI is InChI=1S/C18H23NO3/c20-17(13-18(21)22)15-8-10-16(11-9-15)19-12-4-7-14-5-2-1-3-6-14/h1-2,8-11,14,19H,3-7,12-13H2,(H,21,22). The number of rotatable bonds is 8. The molecule has 0 radical (unpaired) electrons. The molecule has 2 N–H and O–H groups in total. The van der Waals surface area contributed by atoms with Crippen LogP contribution in [0.25, 0.3) is 0 Å². The summed E-state index contributed by atoms with van der Waals surface area (Å²) in [6.45, 7) is 0.919. The Labute approximate surface area is 131 Å². The van der Waals surface area contributed by atoms with Gasteiger partial charge in [-0.2, -0.15) is 0 Å². The topological polar surface area (TPSA) is 66.4 Å². The maximum absolute atomic E-state index is 11.6. The number of carboxylic acid groups (broad SMARTS) is 1. The number of carbonyl (C=O) groups is 2. The maximum Gasteiger partial charge on any atom is 0.311 e. The van der Waals surface area contributed by atoms with Gasteiger partial charge in [0, 0.05) is 17.8 Å². The molecule has 1 unspecified atom stereocenters. The highest BCUT2D eigenvalue weighted by Gasteiger charge is 2.11. The largest absolute Gasteiger partial charge is 0.481 e. The number of ketones is 1. The number of carbonyl (C=O) groups excluding carboxylic acids is 1. The lowest BCUT2D eigenvalue weighted by molar-refractivity contribution is -0.135. The minimum atomic E-state index is -1.09. The predicted octanol–water partition coefficient (Wildman–Crippen LogP) is 3.89. The zero-order chi connectivity index (χ0) is 15.8. The van der Waals surface area contributed by atoms with Crippen LogP contribution in [0.4, 0.5) is 5.69 Å². The van der Waals surface area contributed by atoms with Crippen LogP contribution in [0, 0.1) is 5.92 Å². The molecule has 0 amide bonds. The average molecular weight is 301 g/mol. The number of Topliss-reactive ketones (excluding diaryl/α,β-unsaturated/α-hetero) is 1. The quantitative estimate of drug-likeness (QED) is 0.331. The van der Waals surface area contributed by atoms with E-state index in [0.29, 0.717) is 5.56 Å². The fourth-order valence-corrected chi connectivity index (χ4v) is 2.76. The van der Waals surface area contributed by atoms with E-state index in [0.717, 1.165) is 24.6 Å². The molecule has 0 fully saturated rings. The van der Waals surface area contributed by atoms with Crippen molar-refractivity contribution in [3.63, 3.8) is 0 Å². The zero-order valence-corrected chi connectivity index (χ0v) is 12.8. The van der Waals surface area contributed by atoms with Crippen molar-refractivity contribution in [2.45, 2.75) is 38.5 Å². The third kappa shape index (κ3) is 5.35. The van der Waals surface area contributed by atoms with Crippen LogP contribution in [0.15, 0.2) is 36.4 Å². The second kappa shape index (κ2) is 8.37. The Balaban J connectivity index is 1.71. The van der Waals surface area contributed by atoms with E-state index in [1.165, 1.54) is 25.7 Å². The molecular formula is C18H23NO3. The highest BCUT2D eigenvalue weighted by atomic mass is 16.4. The first-order valence-electron chi connectivity index (χ1n) is 7.89. The van der Waals surface area contributed by atoms with Gasteiger partial charge in [0.2, 0.25) is 0 Å². The smallest absolute Gasteiger partial charge is 0.311 e. The number of hydrogen-bond donors (Lipinski definition) is 2. The van der Waals surface area contributed by atoms with Gasteiger partial charge in [0.05, 0.1) is 0 Å². The third-order valence-electron chi connectivity index (χ3n) is 4.01. The Morgan fingerprint density at radius 3 is 2.59 bits per heavy atom. The van der Waals surface area contributed by atoms with Gasteiger partial charge in [0.15, 0.2) is 5.78 Å². The number of hydrogen-bond acceptors (Lipinski definition) is 3. The van der Waals surface area contributed by atoms with Gasteiger partial charge in [-0.05, 0) is 62.3 Å². The van der Waals surface area contributed by atoms with Crippen molar-refractivity contribution in [1.29, 1.82) is 0 Å². The number of carboxylic acids is 1. The second-order valence-corrected chi connectivity index (χ2v) is 5.79. The molecule has 4 nitrogen and oxygen atoms in total. The van der Waals surface area contributed by atoms with E-state index in [1.807, 2.05) is 12.1 Å². The van der Waals surface area contributed by atoms with Gasteiger partial charge in [-0.3, -0.25) is 9.59 Å². The van der Waals surface area contributed by atoms with Gasteiger partial charge in [0.1, 0.15) is 6.42 Å². The molecule has 0 aliphatic heterocycles.